The second-order valence-electron chi connectivity index (χ2n) is 8.41. The zero-order valence-corrected chi connectivity index (χ0v) is 17.2. The van der Waals surface area contributed by atoms with Crippen molar-refractivity contribution < 1.29 is 4.39 Å². The molecular weight excluding hydrogens is 377 g/mol. The maximum absolute atomic E-state index is 13.6. The highest BCUT2D eigenvalue weighted by atomic mass is 19.1. The lowest BCUT2D eigenvalue weighted by molar-refractivity contribution is 0.0482. The quantitative estimate of drug-likeness (QED) is 0.626. The van der Waals surface area contributed by atoms with Crippen LogP contribution in [0.5, 0.6) is 0 Å². The molecule has 5 nitrogen and oxygen atoms in total. The molecule has 1 atom stereocenters. The van der Waals surface area contributed by atoms with E-state index < -0.39 is 0 Å². The Balaban J connectivity index is 1.42. The molecule has 1 saturated carbocycles. The van der Waals surface area contributed by atoms with Crippen LogP contribution >= 0.6 is 0 Å². The summed E-state index contributed by atoms with van der Waals surface area (Å²) in [6.07, 6.45) is 5.92. The minimum atomic E-state index is -0.205. The first-order valence-corrected chi connectivity index (χ1v) is 10.9. The van der Waals surface area contributed by atoms with E-state index in [9.17, 15) is 4.39 Å². The van der Waals surface area contributed by atoms with Crippen molar-refractivity contribution in [1.82, 2.24) is 24.8 Å². The molecule has 1 aliphatic carbocycles. The summed E-state index contributed by atoms with van der Waals surface area (Å²) in [5, 5.41) is 8.64. The Bertz CT molecular complexity index is 943. The molecule has 6 heteroatoms. The van der Waals surface area contributed by atoms with Crippen molar-refractivity contribution in [3.8, 4) is 0 Å². The number of aromatic nitrogens is 3. The number of piperazine rings is 1. The smallest absolute Gasteiger partial charge is 0.123 e. The van der Waals surface area contributed by atoms with Crippen LogP contribution in [0.15, 0.2) is 60.8 Å². The summed E-state index contributed by atoms with van der Waals surface area (Å²) in [5.74, 6) is -0.205. The lowest BCUT2D eigenvalue weighted by atomic mass is 9.91. The van der Waals surface area contributed by atoms with Gasteiger partial charge in [0, 0.05) is 32.2 Å². The Hall–Kier alpha value is -2.57. The Morgan fingerprint density at radius 2 is 1.67 bits per heavy atom. The van der Waals surface area contributed by atoms with Gasteiger partial charge in [0.2, 0.25) is 0 Å². The minimum absolute atomic E-state index is 0.0212. The molecule has 3 aromatic rings. The number of nitrogens with zero attached hydrogens (tertiary/aromatic N) is 5. The Morgan fingerprint density at radius 1 is 0.933 bits per heavy atom. The summed E-state index contributed by atoms with van der Waals surface area (Å²) in [4.78, 5) is 5.14. The van der Waals surface area contributed by atoms with E-state index in [4.69, 9.17) is 0 Å². The first kappa shape index (κ1) is 19.4. The van der Waals surface area contributed by atoms with Gasteiger partial charge in [0.25, 0.3) is 0 Å². The molecule has 1 saturated heterocycles. The van der Waals surface area contributed by atoms with E-state index in [1.165, 1.54) is 24.8 Å². The summed E-state index contributed by atoms with van der Waals surface area (Å²) in [7, 11) is 0. The molecule has 1 aromatic heterocycles. The molecule has 30 heavy (non-hydrogen) atoms. The Morgan fingerprint density at radius 3 is 2.33 bits per heavy atom. The minimum Gasteiger partial charge on any atom is -0.298 e. The van der Waals surface area contributed by atoms with Gasteiger partial charge in [-0.3, -0.25) is 9.80 Å². The molecule has 0 spiro atoms. The molecule has 1 unspecified atom stereocenters. The van der Waals surface area contributed by atoms with Crippen molar-refractivity contribution >= 4 is 0 Å². The molecule has 156 valence electrons. The van der Waals surface area contributed by atoms with Gasteiger partial charge in [0.1, 0.15) is 5.82 Å². The van der Waals surface area contributed by atoms with Gasteiger partial charge >= 0.3 is 0 Å². The van der Waals surface area contributed by atoms with Gasteiger partial charge in [-0.15, -0.1) is 5.10 Å². The van der Waals surface area contributed by atoms with Crippen LogP contribution in [0.4, 0.5) is 4.39 Å². The standard InChI is InChI=1S/C24H28FN5/c25-21-11-9-20(10-12-21)24(29-15-13-28(14-16-29)22-7-4-8-22)23-17-26-27-30(23)18-19-5-2-1-3-6-19/h1-3,5-6,9-12,17,22,24H,4,7-8,13-16,18H2. The zero-order valence-electron chi connectivity index (χ0n) is 17.2. The summed E-state index contributed by atoms with van der Waals surface area (Å²) >= 11 is 0. The first-order chi connectivity index (χ1) is 14.8. The molecule has 1 aliphatic heterocycles. The van der Waals surface area contributed by atoms with E-state index in [0.29, 0.717) is 6.54 Å². The fraction of sp³-hybridized carbons (Fsp3) is 0.417. The van der Waals surface area contributed by atoms with Gasteiger partial charge in [0.05, 0.1) is 24.5 Å². The van der Waals surface area contributed by atoms with E-state index in [1.807, 2.05) is 41.2 Å². The number of benzene rings is 2. The van der Waals surface area contributed by atoms with Crippen molar-refractivity contribution in [3.05, 3.63) is 83.4 Å². The average molecular weight is 406 g/mol. The van der Waals surface area contributed by atoms with Crippen LogP contribution in [0.1, 0.15) is 42.1 Å². The summed E-state index contributed by atoms with van der Waals surface area (Å²) in [5.41, 5.74) is 3.34. The molecule has 0 amide bonds. The number of hydrogen-bond donors (Lipinski definition) is 0. The average Bonchev–Trinajstić information content (AvgIpc) is 3.18. The summed E-state index contributed by atoms with van der Waals surface area (Å²) in [6, 6.07) is 18.0. The summed E-state index contributed by atoms with van der Waals surface area (Å²) < 4.78 is 15.6. The van der Waals surface area contributed by atoms with Crippen molar-refractivity contribution in [2.75, 3.05) is 26.2 Å². The van der Waals surface area contributed by atoms with E-state index in [-0.39, 0.29) is 11.9 Å². The van der Waals surface area contributed by atoms with Gasteiger partial charge < -0.3 is 0 Å². The van der Waals surface area contributed by atoms with Gasteiger partial charge in [-0.25, -0.2) is 9.07 Å². The van der Waals surface area contributed by atoms with Gasteiger partial charge in [-0.1, -0.05) is 54.1 Å². The van der Waals surface area contributed by atoms with Crippen LogP contribution in [0.3, 0.4) is 0 Å². The van der Waals surface area contributed by atoms with E-state index in [0.717, 1.165) is 43.5 Å². The van der Waals surface area contributed by atoms with Gasteiger partial charge in [-0.2, -0.15) is 0 Å². The topological polar surface area (TPSA) is 37.2 Å². The predicted octanol–water partition coefficient (Wildman–Crippen LogP) is 3.73. The molecule has 0 radical (unpaired) electrons. The van der Waals surface area contributed by atoms with E-state index in [1.54, 1.807) is 12.1 Å². The molecule has 5 rings (SSSR count). The molecule has 2 aromatic carbocycles. The van der Waals surface area contributed by atoms with E-state index >= 15 is 0 Å². The van der Waals surface area contributed by atoms with Crippen molar-refractivity contribution in [3.63, 3.8) is 0 Å². The second kappa shape index (κ2) is 8.66. The highest BCUT2D eigenvalue weighted by Crippen LogP contribution is 2.32. The number of hydrogen-bond acceptors (Lipinski definition) is 4. The van der Waals surface area contributed by atoms with Crippen LogP contribution in [-0.2, 0) is 6.54 Å². The normalized spacial score (nSPS) is 19.5. The van der Waals surface area contributed by atoms with Crippen LogP contribution in [-0.4, -0.2) is 57.0 Å². The van der Waals surface area contributed by atoms with Crippen LogP contribution in [0.25, 0.3) is 0 Å². The number of halogens is 1. The van der Waals surface area contributed by atoms with Gasteiger partial charge in [0.15, 0.2) is 0 Å². The highest BCUT2D eigenvalue weighted by molar-refractivity contribution is 5.28. The predicted molar refractivity (Wildman–Crippen MR) is 115 cm³/mol. The highest BCUT2D eigenvalue weighted by Gasteiger charge is 2.32. The molecule has 2 aliphatic rings. The van der Waals surface area contributed by atoms with Crippen molar-refractivity contribution in [2.24, 2.45) is 0 Å². The van der Waals surface area contributed by atoms with Crippen molar-refractivity contribution in [2.45, 2.75) is 37.9 Å². The first-order valence-electron chi connectivity index (χ1n) is 10.9. The zero-order chi connectivity index (χ0) is 20.3. The fourth-order valence-electron chi connectivity index (χ4n) is 4.68. The molecule has 2 heterocycles. The van der Waals surface area contributed by atoms with Crippen LogP contribution < -0.4 is 0 Å². The third-order valence-corrected chi connectivity index (χ3v) is 6.59. The number of rotatable bonds is 6. The lowest BCUT2D eigenvalue weighted by Gasteiger charge is -2.45. The van der Waals surface area contributed by atoms with Crippen molar-refractivity contribution in [1.29, 1.82) is 0 Å². The Labute approximate surface area is 177 Å². The van der Waals surface area contributed by atoms with E-state index in [2.05, 4.69) is 32.2 Å². The molecule has 0 bridgehead atoms. The van der Waals surface area contributed by atoms with Gasteiger partial charge in [-0.05, 0) is 36.1 Å². The molecule has 2 fully saturated rings. The maximum atomic E-state index is 13.6. The van der Waals surface area contributed by atoms with Crippen LogP contribution in [0, 0.1) is 5.82 Å². The monoisotopic (exact) mass is 405 g/mol. The lowest BCUT2D eigenvalue weighted by Crippen LogP contribution is -2.53. The largest absolute Gasteiger partial charge is 0.298 e. The summed E-state index contributed by atoms with van der Waals surface area (Å²) in [6.45, 7) is 4.84. The van der Waals surface area contributed by atoms with Crippen LogP contribution in [0.2, 0.25) is 0 Å². The third kappa shape index (κ3) is 4.02. The maximum Gasteiger partial charge on any atom is 0.123 e. The second-order valence-corrected chi connectivity index (χ2v) is 8.41. The molecular formula is C24H28FN5. The molecule has 0 N–H and O–H groups in total. The SMILES string of the molecule is Fc1ccc(C(c2cnnn2Cc2ccccc2)N2CCN(C3CCC3)CC2)cc1. The third-order valence-electron chi connectivity index (χ3n) is 6.59. The Kier molecular flexibility index (Phi) is 5.60. The fourth-order valence-corrected chi connectivity index (χ4v) is 4.68.